The van der Waals surface area contributed by atoms with Gasteiger partial charge in [-0.3, -0.25) is 14.4 Å². The largest absolute Gasteiger partial charge is 0.462 e. The lowest BCUT2D eigenvalue weighted by Gasteiger charge is -2.18. The topological polar surface area (TPSA) is 78.9 Å². The van der Waals surface area contributed by atoms with Gasteiger partial charge in [0.25, 0.3) is 0 Å². The summed E-state index contributed by atoms with van der Waals surface area (Å²) in [6.07, 6.45) is 89.9. The van der Waals surface area contributed by atoms with Crippen LogP contribution in [-0.2, 0) is 28.6 Å². The Bertz CT molecular complexity index is 1540. The lowest BCUT2D eigenvalue weighted by Crippen LogP contribution is -2.30. The molecule has 0 rings (SSSR count). The van der Waals surface area contributed by atoms with Gasteiger partial charge in [0.2, 0.25) is 0 Å². The molecule has 0 heterocycles. The maximum absolute atomic E-state index is 12.9. The number of ether oxygens (including phenoxy) is 3. The second-order valence-electron chi connectivity index (χ2n) is 22.3. The molecule has 1 unspecified atom stereocenters. The monoisotopic (exact) mass is 1100 g/mol. The minimum Gasteiger partial charge on any atom is -0.462 e. The fourth-order valence-corrected chi connectivity index (χ4v) is 9.50. The minimum absolute atomic E-state index is 0.0873. The summed E-state index contributed by atoms with van der Waals surface area (Å²) < 4.78 is 17.0. The standard InChI is InChI=1S/C73H126O6/c1-4-7-10-13-16-19-22-25-28-30-32-34-36-38-40-42-45-48-51-54-57-60-63-66-72(75)78-69-70(68-77-71(74)65-62-59-56-53-50-47-44-27-24-21-18-15-12-9-6-3)79-73(76)67-64-61-58-55-52-49-46-43-41-39-37-35-33-31-29-26-23-20-17-14-11-8-5-2/h9,12,18,21-23,25-27,30-33,36,38,44,70H,4-8,10-11,13-17,19-20,24,28-29,34-35,37,39-43,45-69H2,1-3H3/b12-9-,21-18-,25-22-,26-23-,32-30-,33-31-,38-36-,44-27-. The fourth-order valence-electron chi connectivity index (χ4n) is 9.50. The predicted molar refractivity (Wildman–Crippen MR) is 344 cm³/mol. The van der Waals surface area contributed by atoms with Gasteiger partial charge in [-0.1, -0.05) is 285 Å². The first kappa shape index (κ1) is 75.3. The molecule has 0 aliphatic heterocycles. The van der Waals surface area contributed by atoms with E-state index in [1.807, 2.05) is 0 Å². The summed E-state index contributed by atoms with van der Waals surface area (Å²) in [4.78, 5) is 38.4. The first-order valence-electron chi connectivity index (χ1n) is 33.7. The number of carbonyl (C=O) groups excluding carboxylic acids is 3. The number of carbonyl (C=O) groups is 3. The molecule has 0 aromatic heterocycles. The van der Waals surface area contributed by atoms with E-state index in [1.165, 1.54) is 167 Å². The molecule has 0 radical (unpaired) electrons. The van der Waals surface area contributed by atoms with Gasteiger partial charge in [0.05, 0.1) is 0 Å². The van der Waals surface area contributed by atoms with Gasteiger partial charge in [-0.05, 0) is 122 Å². The van der Waals surface area contributed by atoms with Gasteiger partial charge < -0.3 is 14.2 Å². The second-order valence-corrected chi connectivity index (χ2v) is 22.3. The Hall–Kier alpha value is -3.67. The van der Waals surface area contributed by atoms with Crippen LogP contribution in [0, 0.1) is 0 Å². The van der Waals surface area contributed by atoms with Crippen LogP contribution < -0.4 is 0 Å². The SMILES string of the molecule is CC/C=C\C/C=C\C/C=C\CCCCCCCC(=O)OCC(COC(=O)CCCCCCCCCC/C=C\C/C=C\C/C=C\CCCCCCC)OC(=O)CCCCCCCCCCCCC/C=C\C/C=C\CCCCCCC. The molecule has 0 bridgehead atoms. The van der Waals surface area contributed by atoms with E-state index in [1.54, 1.807) is 0 Å². The van der Waals surface area contributed by atoms with E-state index >= 15 is 0 Å². The number of hydrogen-bond acceptors (Lipinski definition) is 6. The summed E-state index contributed by atoms with van der Waals surface area (Å²) in [5.41, 5.74) is 0. The summed E-state index contributed by atoms with van der Waals surface area (Å²) in [5.74, 6) is -0.901. The molecule has 0 aliphatic carbocycles. The molecule has 0 saturated heterocycles. The Kier molecular flexibility index (Phi) is 63.7. The van der Waals surface area contributed by atoms with Gasteiger partial charge >= 0.3 is 17.9 Å². The Morgan fingerprint density at radius 3 is 0.772 bits per heavy atom. The minimum atomic E-state index is -0.792. The fraction of sp³-hybridized carbons (Fsp3) is 0.740. The Labute approximate surface area is 489 Å². The van der Waals surface area contributed by atoms with Gasteiger partial charge in [0.15, 0.2) is 6.10 Å². The van der Waals surface area contributed by atoms with E-state index in [4.69, 9.17) is 14.2 Å². The maximum Gasteiger partial charge on any atom is 0.306 e. The van der Waals surface area contributed by atoms with Crippen molar-refractivity contribution in [3.05, 3.63) is 97.2 Å². The summed E-state index contributed by atoms with van der Waals surface area (Å²) in [6.45, 7) is 6.52. The molecule has 6 nitrogen and oxygen atoms in total. The van der Waals surface area contributed by atoms with Crippen LogP contribution in [0.1, 0.15) is 329 Å². The van der Waals surface area contributed by atoms with Gasteiger partial charge in [0.1, 0.15) is 13.2 Å². The lowest BCUT2D eigenvalue weighted by molar-refractivity contribution is -0.167. The van der Waals surface area contributed by atoms with Crippen molar-refractivity contribution in [1.29, 1.82) is 0 Å². The van der Waals surface area contributed by atoms with E-state index in [0.717, 1.165) is 122 Å². The summed E-state index contributed by atoms with van der Waals surface area (Å²) in [5, 5.41) is 0. The maximum atomic E-state index is 12.9. The van der Waals surface area contributed by atoms with Crippen molar-refractivity contribution in [1.82, 2.24) is 0 Å². The molecule has 0 aromatic carbocycles. The number of esters is 3. The van der Waals surface area contributed by atoms with E-state index in [-0.39, 0.29) is 31.1 Å². The zero-order valence-corrected chi connectivity index (χ0v) is 52.1. The molecular formula is C73H126O6. The third-order valence-corrected chi connectivity index (χ3v) is 14.5. The van der Waals surface area contributed by atoms with Gasteiger partial charge in [0, 0.05) is 19.3 Å². The number of unbranched alkanes of at least 4 members (excludes halogenated alkanes) is 34. The highest BCUT2D eigenvalue weighted by Gasteiger charge is 2.19. The summed E-state index contributed by atoms with van der Waals surface area (Å²) in [7, 11) is 0. The lowest BCUT2D eigenvalue weighted by atomic mass is 10.0. The zero-order chi connectivity index (χ0) is 57.1. The quantitative estimate of drug-likeness (QED) is 0.0261. The van der Waals surface area contributed by atoms with Crippen LogP contribution in [0.4, 0.5) is 0 Å². The smallest absolute Gasteiger partial charge is 0.306 e. The van der Waals surface area contributed by atoms with Crippen molar-refractivity contribution >= 4 is 17.9 Å². The second kappa shape index (κ2) is 66.8. The van der Waals surface area contributed by atoms with E-state index in [0.29, 0.717) is 19.3 Å². The number of hydrogen-bond donors (Lipinski definition) is 0. The molecule has 0 spiro atoms. The van der Waals surface area contributed by atoms with E-state index in [2.05, 4.69) is 118 Å². The van der Waals surface area contributed by atoms with Crippen LogP contribution >= 0.6 is 0 Å². The molecule has 0 fully saturated rings. The normalized spacial score (nSPS) is 12.7. The molecule has 0 aliphatic rings. The molecule has 1 atom stereocenters. The molecule has 79 heavy (non-hydrogen) atoms. The highest BCUT2D eigenvalue weighted by molar-refractivity contribution is 5.71. The molecule has 0 amide bonds. The highest BCUT2D eigenvalue weighted by atomic mass is 16.6. The van der Waals surface area contributed by atoms with Crippen molar-refractivity contribution in [2.75, 3.05) is 13.2 Å². The molecule has 454 valence electrons. The van der Waals surface area contributed by atoms with Crippen LogP contribution in [0.15, 0.2) is 97.2 Å². The average Bonchev–Trinajstić information content (AvgIpc) is 3.45. The van der Waals surface area contributed by atoms with E-state index < -0.39 is 6.10 Å². The molecule has 0 aromatic rings. The average molecular weight is 1100 g/mol. The van der Waals surface area contributed by atoms with Crippen molar-refractivity contribution in [2.24, 2.45) is 0 Å². The number of allylic oxidation sites excluding steroid dienone is 16. The third kappa shape index (κ3) is 65.0. The van der Waals surface area contributed by atoms with Crippen molar-refractivity contribution in [3.8, 4) is 0 Å². The molecular weight excluding hydrogens is 973 g/mol. The Morgan fingerprint density at radius 2 is 0.494 bits per heavy atom. The first-order valence-corrected chi connectivity index (χ1v) is 33.7. The van der Waals surface area contributed by atoms with Crippen molar-refractivity contribution < 1.29 is 28.6 Å². The van der Waals surface area contributed by atoms with Gasteiger partial charge in [-0.25, -0.2) is 0 Å². The summed E-state index contributed by atoms with van der Waals surface area (Å²) >= 11 is 0. The van der Waals surface area contributed by atoms with Crippen LogP contribution in [0.25, 0.3) is 0 Å². The van der Waals surface area contributed by atoms with Gasteiger partial charge in [-0.15, -0.1) is 0 Å². The van der Waals surface area contributed by atoms with Crippen molar-refractivity contribution in [3.63, 3.8) is 0 Å². The molecule has 6 heteroatoms. The van der Waals surface area contributed by atoms with Crippen LogP contribution in [0.2, 0.25) is 0 Å². The Balaban J connectivity index is 4.38. The molecule has 0 N–H and O–H groups in total. The first-order chi connectivity index (χ1) is 39.0. The zero-order valence-electron chi connectivity index (χ0n) is 52.1. The van der Waals surface area contributed by atoms with Crippen LogP contribution in [-0.4, -0.2) is 37.2 Å². The highest BCUT2D eigenvalue weighted by Crippen LogP contribution is 2.16. The summed E-state index contributed by atoms with van der Waals surface area (Å²) in [6, 6.07) is 0. The third-order valence-electron chi connectivity index (χ3n) is 14.5. The van der Waals surface area contributed by atoms with Crippen molar-refractivity contribution in [2.45, 2.75) is 335 Å². The van der Waals surface area contributed by atoms with E-state index in [9.17, 15) is 14.4 Å². The predicted octanol–water partition coefficient (Wildman–Crippen LogP) is 23.2. The van der Waals surface area contributed by atoms with Gasteiger partial charge in [-0.2, -0.15) is 0 Å². The Morgan fingerprint density at radius 1 is 0.266 bits per heavy atom. The molecule has 0 saturated carbocycles. The van der Waals surface area contributed by atoms with Crippen LogP contribution in [0.3, 0.4) is 0 Å². The number of rotatable bonds is 61. The van der Waals surface area contributed by atoms with Crippen LogP contribution in [0.5, 0.6) is 0 Å².